The van der Waals surface area contributed by atoms with Crippen LogP contribution in [-0.4, -0.2) is 16.3 Å². The van der Waals surface area contributed by atoms with Crippen LogP contribution in [0.4, 0.5) is 13.2 Å². The molecule has 3 nitrogen and oxygen atoms in total. The number of rotatable bonds is 3. The Morgan fingerprint density at radius 2 is 2.00 bits per heavy atom. The van der Waals surface area contributed by atoms with Crippen molar-refractivity contribution in [3.63, 3.8) is 0 Å². The van der Waals surface area contributed by atoms with Gasteiger partial charge in [-0.25, -0.2) is 4.68 Å². The maximum atomic E-state index is 12.5. The fraction of sp³-hybridized carbons (Fsp3) is 0.250. The van der Waals surface area contributed by atoms with E-state index in [-0.39, 0.29) is 0 Å². The number of hydrogen-bond acceptors (Lipinski definition) is 2. The molecule has 2 aromatic rings. The fourth-order valence-corrected chi connectivity index (χ4v) is 2.05. The maximum Gasteiger partial charge on any atom is 0.435 e. The van der Waals surface area contributed by atoms with E-state index in [9.17, 15) is 13.2 Å². The summed E-state index contributed by atoms with van der Waals surface area (Å²) in [6, 6.07) is 6.01. The molecule has 0 amide bonds. The molecular weight excluding hydrogens is 279 g/mol. The van der Waals surface area contributed by atoms with Crippen LogP contribution in [0.15, 0.2) is 30.5 Å². The Hall–Kier alpha value is -1.53. The molecular formula is C12H11ClF3N3. The molecule has 0 fully saturated rings. The van der Waals surface area contributed by atoms with Crippen molar-refractivity contribution in [2.75, 3.05) is 6.54 Å². The molecule has 0 bridgehead atoms. The maximum absolute atomic E-state index is 12.5. The molecule has 0 aliphatic carbocycles. The molecule has 0 atom stereocenters. The van der Waals surface area contributed by atoms with Gasteiger partial charge in [0.05, 0.1) is 10.7 Å². The number of aromatic nitrogens is 2. The van der Waals surface area contributed by atoms with E-state index in [1.807, 2.05) is 0 Å². The summed E-state index contributed by atoms with van der Waals surface area (Å²) >= 11 is 6.04. The predicted octanol–water partition coefficient (Wildman–Crippen LogP) is 3.05. The third-order valence-electron chi connectivity index (χ3n) is 2.59. The average molecular weight is 290 g/mol. The Bertz CT molecular complexity index is 578. The summed E-state index contributed by atoms with van der Waals surface area (Å²) in [4.78, 5) is 0. The molecule has 1 heterocycles. The summed E-state index contributed by atoms with van der Waals surface area (Å²) in [7, 11) is 0. The van der Waals surface area contributed by atoms with E-state index in [1.165, 1.54) is 6.20 Å². The minimum absolute atomic E-state index is 0.336. The number of alkyl halides is 3. The van der Waals surface area contributed by atoms with Crippen molar-refractivity contribution in [3.8, 4) is 5.69 Å². The van der Waals surface area contributed by atoms with Gasteiger partial charge in [0.2, 0.25) is 0 Å². The second-order valence-corrected chi connectivity index (χ2v) is 4.34. The zero-order chi connectivity index (χ0) is 14.0. The van der Waals surface area contributed by atoms with Gasteiger partial charge < -0.3 is 5.73 Å². The van der Waals surface area contributed by atoms with E-state index in [1.54, 1.807) is 18.2 Å². The summed E-state index contributed by atoms with van der Waals surface area (Å²) in [6.07, 6.45) is -2.72. The number of nitrogens with zero attached hydrogens (tertiary/aromatic N) is 2. The van der Waals surface area contributed by atoms with Gasteiger partial charge >= 0.3 is 6.18 Å². The van der Waals surface area contributed by atoms with Crippen LogP contribution in [0.1, 0.15) is 11.3 Å². The van der Waals surface area contributed by atoms with Crippen molar-refractivity contribution in [2.24, 2.45) is 5.73 Å². The van der Waals surface area contributed by atoms with Crippen LogP contribution in [0.2, 0.25) is 5.02 Å². The minimum Gasteiger partial charge on any atom is -0.330 e. The molecule has 0 radical (unpaired) electrons. The highest BCUT2D eigenvalue weighted by Crippen LogP contribution is 2.30. The van der Waals surface area contributed by atoms with Crippen LogP contribution in [0.5, 0.6) is 0 Å². The first-order valence-corrected chi connectivity index (χ1v) is 5.92. The largest absolute Gasteiger partial charge is 0.435 e. The molecule has 0 saturated carbocycles. The van der Waals surface area contributed by atoms with Crippen LogP contribution in [0.3, 0.4) is 0 Å². The van der Waals surface area contributed by atoms with Gasteiger partial charge in [0.1, 0.15) is 0 Å². The quantitative estimate of drug-likeness (QED) is 0.944. The average Bonchev–Trinajstić information content (AvgIpc) is 2.78. The van der Waals surface area contributed by atoms with Gasteiger partial charge in [-0.15, -0.1) is 0 Å². The van der Waals surface area contributed by atoms with Crippen molar-refractivity contribution in [1.82, 2.24) is 9.78 Å². The van der Waals surface area contributed by atoms with Gasteiger partial charge in [0, 0.05) is 6.20 Å². The number of para-hydroxylation sites is 1. The molecule has 1 aromatic carbocycles. The Morgan fingerprint density at radius 3 is 2.58 bits per heavy atom. The number of hydrogen-bond donors (Lipinski definition) is 1. The van der Waals surface area contributed by atoms with Gasteiger partial charge in [-0.05, 0) is 30.7 Å². The second-order valence-electron chi connectivity index (χ2n) is 3.93. The van der Waals surface area contributed by atoms with Gasteiger partial charge in [0.15, 0.2) is 5.69 Å². The second kappa shape index (κ2) is 5.22. The highest BCUT2D eigenvalue weighted by atomic mass is 35.5. The normalized spacial score (nSPS) is 11.8. The molecule has 0 saturated heterocycles. The lowest BCUT2D eigenvalue weighted by Gasteiger charge is -2.11. The summed E-state index contributed by atoms with van der Waals surface area (Å²) in [5.41, 5.74) is 5.72. The summed E-state index contributed by atoms with van der Waals surface area (Å²) in [6.45, 7) is 0.376. The highest BCUT2D eigenvalue weighted by Gasteiger charge is 2.33. The molecule has 0 spiro atoms. The molecule has 2 rings (SSSR count). The predicted molar refractivity (Wildman–Crippen MR) is 66.3 cm³/mol. The van der Waals surface area contributed by atoms with E-state index >= 15 is 0 Å². The van der Waals surface area contributed by atoms with Crippen molar-refractivity contribution < 1.29 is 13.2 Å². The van der Waals surface area contributed by atoms with Gasteiger partial charge in [0.25, 0.3) is 0 Å². The Kier molecular flexibility index (Phi) is 3.82. The molecule has 0 aliphatic heterocycles. The zero-order valence-corrected chi connectivity index (χ0v) is 10.5. The fourth-order valence-electron chi connectivity index (χ4n) is 1.77. The SMILES string of the molecule is NCCc1cccc(Cl)c1-n1ccc(C(F)(F)F)n1. The molecule has 1 aromatic heterocycles. The standard InChI is InChI=1S/C12H11ClF3N3/c13-9-3-1-2-8(4-6-17)11(9)19-7-5-10(18-19)12(14,15)16/h1-3,5,7H,4,6,17H2. The third kappa shape index (κ3) is 2.90. The minimum atomic E-state index is -4.47. The smallest absolute Gasteiger partial charge is 0.330 e. The molecule has 2 N–H and O–H groups in total. The van der Waals surface area contributed by atoms with Crippen molar-refractivity contribution >= 4 is 11.6 Å². The highest BCUT2D eigenvalue weighted by molar-refractivity contribution is 6.32. The summed E-state index contributed by atoms with van der Waals surface area (Å²) < 4.78 is 38.7. The molecule has 7 heteroatoms. The van der Waals surface area contributed by atoms with Gasteiger partial charge in [-0.3, -0.25) is 0 Å². The van der Waals surface area contributed by atoms with Gasteiger partial charge in [-0.1, -0.05) is 23.7 Å². The molecule has 0 unspecified atom stereocenters. The first-order valence-electron chi connectivity index (χ1n) is 5.54. The summed E-state index contributed by atoms with van der Waals surface area (Å²) in [5, 5.41) is 3.86. The lowest BCUT2D eigenvalue weighted by Crippen LogP contribution is -2.10. The number of benzene rings is 1. The van der Waals surface area contributed by atoms with Crippen molar-refractivity contribution in [1.29, 1.82) is 0 Å². The van der Waals surface area contributed by atoms with E-state index in [4.69, 9.17) is 17.3 Å². The van der Waals surface area contributed by atoms with Crippen LogP contribution in [-0.2, 0) is 12.6 Å². The summed E-state index contributed by atoms with van der Waals surface area (Å²) in [5.74, 6) is 0. The lowest BCUT2D eigenvalue weighted by atomic mass is 10.1. The first-order chi connectivity index (χ1) is 8.93. The first kappa shape index (κ1) is 13.9. The van der Waals surface area contributed by atoms with Crippen LogP contribution in [0.25, 0.3) is 5.69 Å². The van der Waals surface area contributed by atoms with E-state index in [0.717, 1.165) is 16.3 Å². The Labute approximate surface area is 112 Å². The van der Waals surface area contributed by atoms with E-state index < -0.39 is 11.9 Å². The number of halogens is 4. The van der Waals surface area contributed by atoms with Gasteiger partial charge in [-0.2, -0.15) is 18.3 Å². The molecule has 0 aliphatic rings. The number of nitrogens with two attached hydrogens (primary N) is 1. The lowest BCUT2D eigenvalue weighted by molar-refractivity contribution is -0.141. The van der Waals surface area contributed by atoms with Crippen LogP contribution >= 0.6 is 11.6 Å². The van der Waals surface area contributed by atoms with E-state index in [0.29, 0.717) is 23.7 Å². The Balaban J connectivity index is 2.49. The molecule has 102 valence electrons. The molecule has 19 heavy (non-hydrogen) atoms. The monoisotopic (exact) mass is 289 g/mol. The van der Waals surface area contributed by atoms with Crippen LogP contribution in [0, 0.1) is 0 Å². The Morgan fingerprint density at radius 1 is 1.26 bits per heavy atom. The topological polar surface area (TPSA) is 43.8 Å². The van der Waals surface area contributed by atoms with Crippen molar-refractivity contribution in [2.45, 2.75) is 12.6 Å². The third-order valence-corrected chi connectivity index (χ3v) is 2.90. The zero-order valence-electron chi connectivity index (χ0n) is 9.78. The van der Waals surface area contributed by atoms with Crippen LogP contribution < -0.4 is 5.73 Å². The van der Waals surface area contributed by atoms with E-state index in [2.05, 4.69) is 5.10 Å². The van der Waals surface area contributed by atoms with Crippen molar-refractivity contribution in [3.05, 3.63) is 46.7 Å².